The fourth-order valence-electron chi connectivity index (χ4n) is 3.09. The molecule has 0 unspecified atom stereocenters. The molecule has 2 aliphatic heterocycles. The largest absolute Gasteiger partial charge is 0.451 e. The number of esters is 1. The van der Waals surface area contributed by atoms with Crippen molar-refractivity contribution >= 4 is 29.2 Å². The first-order chi connectivity index (χ1) is 12.6. The molecule has 0 atom stereocenters. The van der Waals surface area contributed by atoms with E-state index in [1.807, 2.05) is 6.07 Å². The molecular weight excluding hydrogens is 334 g/mol. The number of hydrogen-bond acceptors (Lipinski definition) is 5. The zero-order chi connectivity index (χ0) is 18.4. The number of likely N-dealkylation sites (tertiary alicyclic amines) is 1. The highest BCUT2D eigenvalue weighted by Gasteiger charge is 2.27. The molecule has 0 aromatic heterocycles. The molecule has 1 fully saturated rings. The molecule has 2 heterocycles. The Morgan fingerprint density at radius 1 is 1.00 bits per heavy atom. The van der Waals surface area contributed by atoms with E-state index < -0.39 is 5.97 Å². The van der Waals surface area contributed by atoms with E-state index >= 15 is 0 Å². The molecule has 0 N–H and O–H groups in total. The summed E-state index contributed by atoms with van der Waals surface area (Å²) < 4.78 is 5.16. The first kappa shape index (κ1) is 18.1. The van der Waals surface area contributed by atoms with Gasteiger partial charge in [0.05, 0.1) is 5.69 Å². The second-order valence-electron chi connectivity index (χ2n) is 6.46. The molecule has 0 saturated carbocycles. The molecule has 138 valence electrons. The van der Waals surface area contributed by atoms with E-state index in [1.54, 1.807) is 29.2 Å². The summed E-state index contributed by atoms with van der Waals surface area (Å²) in [7, 11) is 0. The van der Waals surface area contributed by atoms with Crippen LogP contribution in [0, 0.1) is 0 Å². The molecule has 2 aliphatic rings. The summed E-state index contributed by atoms with van der Waals surface area (Å²) in [6, 6.07) is 8.93. The predicted molar refractivity (Wildman–Crippen MR) is 96.6 cm³/mol. The molecule has 7 nitrogen and oxygen atoms in total. The lowest BCUT2D eigenvalue weighted by Crippen LogP contribution is -2.38. The van der Waals surface area contributed by atoms with Crippen LogP contribution in [0.5, 0.6) is 0 Å². The van der Waals surface area contributed by atoms with Crippen molar-refractivity contribution in [3.63, 3.8) is 0 Å². The monoisotopic (exact) mass is 357 g/mol. The summed E-state index contributed by atoms with van der Waals surface area (Å²) in [5.74, 6) is -0.984. The predicted octanol–water partition coefficient (Wildman–Crippen LogP) is 2.12. The molecule has 0 bridgehead atoms. The number of hydrogen-bond donors (Lipinski definition) is 0. The maximum atomic E-state index is 12.3. The number of rotatable bonds is 4. The SMILES string of the molecule is O=C(OCC(=O)N1CCCCCC1)C1=NN(c2ccccc2)C(=O)CC1. The minimum atomic E-state index is -0.637. The number of benzene rings is 1. The highest BCUT2D eigenvalue weighted by molar-refractivity contribution is 6.38. The Labute approximate surface area is 152 Å². The van der Waals surface area contributed by atoms with Crippen molar-refractivity contribution in [2.45, 2.75) is 38.5 Å². The van der Waals surface area contributed by atoms with Crippen molar-refractivity contribution in [3.8, 4) is 0 Å². The van der Waals surface area contributed by atoms with Gasteiger partial charge in [0.15, 0.2) is 6.61 Å². The molecule has 3 rings (SSSR count). The van der Waals surface area contributed by atoms with Gasteiger partial charge in [-0.05, 0) is 25.0 Å². The van der Waals surface area contributed by atoms with E-state index in [4.69, 9.17) is 4.74 Å². The van der Waals surface area contributed by atoms with Crippen LogP contribution in [-0.4, -0.2) is 48.1 Å². The number of amides is 2. The highest BCUT2D eigenvalue weighted by atomic mass is 16.5. The van der Waals surface area contributed by atoms with Crippen LogP contribution in [0.2, 0.25) is 0 Å². The second-order valence-corrected chi connectivity index (χ2v) is 6.46. The molecule has 26 heavy (non-hydrogen) atoms. The third-order valence-electron chi connectivity index (χ3n) is 4.55. The van der Waals surface area contributed by atoms with E-state index in [1.165, 1.54) is 5.01 Å². The maximum absolute atomic E-state index is 12.3. The van der Waals surface area contributed by atoms with E-state index in [2.05, 4.69) is 5.10 Å². The topological polar surface area (TPSA) is 79.3 Å². The molecule has 1 aromatic carbocycles. The Hall–Kier alpha value is -2.70. The van der Waals surface area contributed by atoms with Crippen LogP contribution in [0.25, 0.3) is 0 Å². The number of carbonyl (C=O) groups is 3. The molecule has 1 saturated heterocycles. The van der Waals surface area contributed by atoms with Gasteiger partial charge < -0.3 is 9.64 Å². The van der Waals surface area contributed by atoms with Crippen LogP contribution >= 0.6 is 0 Å². The Morgan fingerprint density at radius 2 is 1.69 bits per heavy atom. The smallest absolute Gasteiger partial charge is 0.355 e. The Morgan fingerprint density at radius 3 is 2.38 bits per heavy atom. The molecule has 0 spiro atoms. The number of anilines is 1. The summed E-state index contributed by atoms with van der Waals surface area (Å²) in [6.07, 6.45) is 4.64. The van der Waals surface area contributed by atoms with Crippen molar-refractivity contribution in [1.82, 2.24) is 4.90 Å². The number of ether oxygens (including phenoxy) is 1. The van der Waals surface area contributed by atoms with Gasteiger partial charge >= 0.3 is 5.97 Å². The average Bonchev–Trinajstić information content (AvgIpc) is 2.96. The number of nitrogens with zero attached hydrogens (tertiary/aromatic N) is 3. The molecule has 0 aliphatic carbocycles. The van der Waals surface area contributed by atoms with Gasteiger partial charge in [-0.3, -0.25) is 9.59 Å². The molecular formula is C19H23N3O4. The van der Waals surface area contributed by atoms with Crippen LogP contribution in [-0.2, 0) is 19.1 Å². The van der Waals surface area contributed by atoms with Gasteiger partial charge in [-0.25, -0.2) is 9.80 Å². The van der Waals surface area contributed by atoms with Gasteiger partial charge in [-0.2, -0.15) is 5.10 Å². The lowest BCUT2D eigenvalue weighted by atomic mass is 10.1. The lowest BCUT2D eigenvalue weighted by Gasteiger charge is -2.23. The third-order valence-corrected chi connectivity index (χ3v) is 4.55. The van der Waals surface area contributed by atoms with Crippen molar-refractivity contribution in [1.29, 1.82) is 0 Å². The van der Waals surface area contributed by atoms with Gasteiger partial charge in [0.25, 0.3) is 5.91 Å². The second kappa shape index (κ2) is 8.60. The number of hydrazone groups is 1. The summed E-state index contributed by atoms with van der Waals surface area (Å²) in [5.41, 5.74) is 0.764. The first-order valence-electron chi connectivity index (χ1n) is 9.05. The molecule has 7 heteroatoms. The molecule has 2 amide bonds. The Kier molecular flexibility index (Phi) is 5.99. The van der Waals surface area contributed by atoms with Gasteiger partial charge in [0.2, 0.25) is 5.91 Å². The zero-order valence-electron chi connectivity index (χ0n) is 14.7. The summed E-state index contributed by atoms with van der Waals surface area (Å²) in [6.45, 7) is 1.15. The summed E-state index contributed by atoms with van der Waals surface area (Å²) in [4.78, 5) is 38.3. The number of para-hydroxylation sites is 1. The standard InChI is InChI=1S/C19H23N3O4/c23-17-11-10-16(20-22(17)15-8-4-3-5-9-15)19(25)26-14-18(24)21-12-6-1-2-7-13-21/h3-5,8-9H,1-2,6-7,10-14H2. The van der Waals surface area contributed by atoms with Crippen molar-refractivity contribution < 1.29 is 19.1 Å². The van der Waals surface area contributed by atoms with E-state index in [-0.39, 0.29) is 37.0 Å². The summed E-state index contributed by atoms with van der Waals surface area (Å²) in [5, 5.41) is 5.36. The van der Waals surface area contributed by atoms with Crippen LogP contribution in [0.1, 0.15) is 38.5 Å². The molecule has 1 aromatic rings. The molecule has 0 radical (unpaired) electrons. The normalized spacial score (nSPS) is 18.2. The van der Waals surface area contributed by atoms with Crippen molar-refractivity contribution in [2.75, 3.05) is 24.7 Å². The van der Waals surface area contributed by atoms with Crippen molar-refractivity contribution in [3.05, 3.63) is 30.3 Å². The number of carbonyl (C=O) groups excluding carboxylic acids is 3. The van der Waals surface area contributed by atoms with Crippen LogP contribution < -0.4 is 5.01 Å². The highest BCUT2D eigenvalue weighted by Crippen LogP contribution is 2.20. The zero-order valence-corrected chi connectivity index (χ0v) is 14.7. The van der Waals surface area contributed by atoms with Crippen LogP contribution in [0.4, 0.5) is 5.69 Å². The Bertz CT molecular complexity index is 694. The average molecular weight is 357 g/mol. The van der Waals surface area contributed by atoms with E-state index in [9.17, 15) is 14.4 Å². The van der Waals surface area contributed by atoms with Gasteiger partial charge in [-0.15, -0.1) is 0 Å². The fourth-order valence-corrected chi connectivity index (χ4v) is 3.09. The fraction of sp³-hybridized carbons (Fsp3) is 0.474. The van der Waals surface area contributed by atoms with Gasteiger partial charge in [-0.1, -0.05) is 31.0 Å². The first-order valence-corrected chi connectivity index (χ1v) is 9.05. The van der Waals surface area contributed by atoms with Crippen LogP contribution in [0.15, 0.2) is 35.4 Å². The van der Waals surface area contributed by atoms with Gasteiger partial charge in [0.1, 0.15) is 5.71 Å². The summed E-state index contributed by atoms with van der Waals surface area (Å²) >= 11 is 0. The minimum absolute atomic E-state index is 0.164. The van der Waals surface area contributed by atoms with E-state index in [0.717, 1.165) is 25.7 Å². The maximum Gasteiger partial charge on any atom is 0.355 e. The van der Waals surface area contributed by atoms with E-state index in [0.29, 0.717) is 18.8 Å². The van der Waals surface area contributed by atoms with Crippen molar-refractivity contribution in [2.24, 2.45) is 5.10 Å². The lowest BCUT2D eigenvalue weighted by molar-refractivity contribution is -0.147. The Balaban J connectivity index is 1.60. The third kappa shape index (κ3) is 4.47. The minimum Gasteiger partial charge on any atom is -0.451 e. The quantitative estimate of drug-likeness (QED) is 0.773. The van der Waals surface area contributed by atoms with Crippen LogP contribution in [0.3, 0.4) is 0 Å². The van der Waals surface area contributed by atoms with Gasteiger partial charge in [0, 0.05) is 25.9 Å².